The number of carbonyl (C=O) groups is 2. The molecular weight excluding hydrogens is 140 g/mol. The fourth-order valence-electron chi connectivity index (χ4n) is 2.56. The molecule has 2 aliphatic rings. The Labute approximate surface area is 66.0 Å². The van der Waals surface area contributed by atoms with Crippen molar-refractivity contribution >= 4 is 12.1 Å². The summed E-state index contributed by atoms with van der Waals surface area (Å²) in [5.74, 6) is 1.54. The van der Waals surface area contributed by atoms with Crippen molar-refractivity contribution < 1.29 is 9.59 Å². The summed E-state index contributed by atoms with van der Waals surface area (Å²) in [6.07, 6.45) is 4.58. The van der Waals surface area contributed by atoms with Crippen LogP contribution in [0.15, 0.2) is 0 Å². The van der Waals surface area contributed by atoms with Crippen LogP contribution in [0.3, 0.4) is 0 Å². The van der Waals surface area contributed by atoms with Crippen molar-refractivity contribution in [1.29, 1.82) is 0 Å². The molecule has 0 N–H and O–H groups in total. The molecule has 0 heterocycles. The van der Waals surface area contributed by atoms with Crippen LogP contribution in [-0.2, 0) is 9.59 Å². The predicted molar refractivity (Wildman–Crippen MR) is 40.0 cm³/mol. The zero-order valence-electron chi connectivity index (χ0n) is 6.45. The van der Waals surface area contributed by atoms with Crippen LogP contribution in [0, 0.1) is 17.8 Å². The Hall–Kier alpha value is -0.660. The quantitative estimate of drug-likeness (QED) is 0.529. The third-order valence-electron chi connectivity index (χ3n) is 3.15. The number of hydrogen-bond acceptors (Lipinski definition) is 2. The normalized spacial score (nSPS) is 42.5. The number of aldehydes is 1. The zero-order chi connectivity index (χ0) is 7.84. The van der Waals surface area contributed by atoms with E-state index in [1.807, 2.05) is 0 Å². The number of hydrogen-bond donors (Lipinski definition) is 0. The fourth-order valence-corrected chi connectivity index (χ4v) is 2.56. The number of rotatable bonds is 1. The lowest BCUT2D eigenvalue weighted by molar-refractivity contribution is -0.118. The molecule has 11 heavy (non-hydrogen) atoms. The summed E-state index contributed by atoms with van der Waals surface area (Å²) in [4.78, 5) is 21.5. The molecule has 2 rings (SSSR count). The van der Waals surface area contributed by atoms with Gasteiger partial charge < -0.3 is 4.79 Å². The Balaban J connectivity index is 2.12. The molecule has 0 aliphatic heterocycles. The van der Waals surface area contributed by atoms with Crippen molar-refractivity contribution in [1.82, 2.24) is 0 Å². The van der Waals surface area contributed by atoms with Crippen molar-refractivity contribution in [3.8, 4) is 0 Å². The van der Waals surface area contributed by atoms with E-state index in [-0.39, 0.29) is 5.92 Å². The second kappa shape index (κ2) is 2.43. The summed E-state index contributed by atoms with van der Waals surface area (Å²) in [5.41, 5.74) is 0. The smallest absolute Gasteiger partial charge is 0.133 e. The SMILES string of the molecule is O=CC1CCC2CC(=O)CC12. The molecule has 3 atom stereocenters. The molecule has 60 valence electrons. The highest BCUT2D eigenvalue weighted by atomic mass is 16.1. The molecule has 0 radical (unpaired) electrons. The van der Waals surface area contributed by atoms with E-state index < -0.39 is 0 Å². The number of Topliss-reactive ketones (excluding diaryl/α,β-unsaturated/α-hetero) is 1. The van der Waals surface area contributed by atoms with Crippen LogP contribution in [0.1, 0.15) is 25.7 Å². The molecular formula is C9H12O2. The molecule has 2 heteroatoms. The second-order valence-electron chi connectivity index (χ2n) is 3.75. The van der Waals surface area contributed by atoms with Gasteiger partial charge in [0.1, 0.15) is 12.1 Å². The van der Waals surface area contributed by atoms with Crippen LogP contribution in [0.2, 0.25) is 0 Å². The fraction of sp³-hybridized carbons (Fsp3) is 0.778. The van der Waals surface area contributed by atoms with Crippen molar-refractivity contribution in [3.63, 3.8) is 0 Å². The largest absolute Gasteiger partial charge is 0.303 e. The number of carbonyl (C=O) groups excluding carboxylic acids is 2. The maximum absolute atomic E-state index is 11.0. The summed E-state index contributed by atoms with van der Waals surface area (Å²) < 4.78 is 0. The Kier molecular flexibility index (Phi) is 1.55. The standard InChI is InChI=1S/C9H12O2/c10-5-7-2-1-6-3-8(11)4-9(6)7/h5-7,9H,1-4H2. The summed E-state index contributed by atoms with van der Waals surface area (Å²) in [6.45, 7) is 0. The molecule has 2 fully saturated rings. The molecule has 0 aromatic rings. The van der Waals surface area contributed by atoms with Gasteiger partial charge in [0, 0.05) is 18.8 Å². The van der Waals surface area contributed by atoms with Crippen LogP contribution in [0.5, 0.6) is 0 Å². The number of ketones is 1. The van der Waals surface area contributed by atoms with Crippen LogP contribution in [0.25, 0.3) is 0 Å². The predicted octanol–water partition coefficient (Wildman–Crippen LogP) is 1.19. The van der Waals surface area contributed by atoms with Crippen molar-refractivity contribution in [2.24, 2.45) is 17.8 Å². The molecule has 2 nitrogen and oxygen atoms in total. The lowest BCUT2D eigenvalue weighted by Gasteiger charge is -2.09. The molecule has 0 saturated heterocycles. The average Bonchev–Trinajstić information content (AvgIpc) is 2.45. The van der Waals surface area contributed by atoms with E-state index in [1.54, 1.807) is 0 Å². The third-order valence-corrected chi connectivity index (χ3v) is 3.15. The highest BCUT2D eigenvalue weighted by Gasteiger charge is 2.42. The second-order valence-corrected chi connectivity index (χ2v) is 3.75. The van der Waals surface area contributed by atoms with E-state index in [2.05, 4.69) is 0 Å². The summed E-state index contributed by atoms with van der Waals surface area (Å²) in [5, 5.41) is 0. The molecule has 2 aliphatic carbocycles. The van der Waals surface area contributed by atoms with E-state index >= 15 is 0 Å². The maximum atomic E-state index is 11.0. The first-order valence-electron chi connectivity index (χ1n) is 4.28. The minimum atomic E-state index is 0.200. The van der Waals surface area contributed by atoms with Crippen LogP contribution in [-0.4, -0.2) is 12.1 Å². The maximum Gasteiger partial charge on any atom is 0.133 e. The lowest BCUT2D eigenvalue weighted by atomic mass is 9.93. The van der Waals surface area contributed by atoms with E-state index in [1.165, 1.54) is 0 Å². The van der Waals surface area contributed by atoms with Crippen molar-refractivity contribution in [2.75, 3.05) is 0 Å². The molecule has 0 spiro atoms. The van der Waals surface area contributed by atoms with Gasteiger partial charge in [0.25, 0.3) is 0 Å². The first-order chi connectivity index (χ1) is 5.31. The van der Waals surface area contributed by atoms with Crippen molar-refractivity contribution in [2.45, 2.75) is 25.7 Å². The van der Waals surface area contributed by atoms with Gasteiger partial charge in [0.2, 0.25) is 0 Å². The number of fused-ring (bicyclic) bond motifs is 1. The summed E-state index contributed by atoms with van der Waals surface area (Å²) in [7, 11) is 0. The van der Waals surface area contributed by atoms with Gasteiger partial charge in [0.05, 0.1) is 0 Å². The van der Waals surface area contributed by atoms with Crippen molar-refractivity contribution in [3.05, 3.63) is 0 Å². The molecule has 3 unspecified atom stereocenters. The topological polar surface area (TPSA) is 34.1 Å². The van der Waals surface area contributed by atoms with Gasteiger partial charge in [-0.15, -0.1) is 0 Å². The van der Waals surface area contributed by atoms with Gasteiger partial charge in [0.15, 0.2) is 0 Å². The molecule has 2 saturated carbocycles. The average molecular weight is 152 g/mol. The molecule has 0 aromatic carbocycles. The van der Waals surface area contributed by atoms with Gasteiger partial charge in [-0.2, -0.15) is 0 Å². The van der Waals surface area contributed by atoms with Gasteiger partial charge >= 0.3 is 0 Å². The zero-order valence-corrected chi connectivity index (χ0v) is 6.45. The van der Waals surface area contributed by atoms with E-state index in [4.69, 9.17) is 0 Å². The Morgan fingerprint density at radius 1 is 1.27 bits per heavy atom. The van der Waals surface area contributed by atoms with E-state index in [0.29, 0.717) is 24.0 Å². The Morgan fingerprint density at radius 3 is 2.82 bits per heavy atom. The van der Waals surface area contributed by atoms with E-state index in [9.17, 15) is 9.59 Å². The Morgan fingerprint density at radius 2 is 2.09 bits per heavy atom. The van der Waals surface area contributed by atoms with E-state index in [0.717, 1.165) is 25.5 Å². The minimum absolute atomic E-state index is 0.200. The molecule has 0 aromatic heterocycles. The first-order valence-corrected chi connectivity index (χ1v) is 4.28. The first kappa shape index (κ1) is 7.01. The van der Waals surface area contributed by atoms with Gasteiger partial charge in [-0.3, -0.25) is 4.79 Å². The molecule has 0 amide bonds. The van der Waals surface area contributed by atoms with Gasteiger partial charge in [-0.05, 0) is 24.7 Å². The summed E-state index contributed by atoms with van der Waals surface area (Å²) in [6, 6.07) is 0. The summed E-state index contributed by atoms with van der Waals surface area (Å²) >= 11 is 0. The monoisotopic (exact) mass is 152 g/mol. The van der Waals surface area contributed by atoms with Gasteiger partial charge in [-0.1, -0.05) is 0 Å². The highest BCUT2D eigenvalue weighted by Crippen LogP contribution is 2.45. The third kappa shape index (κ3) is 1.01. The Bertz CT molecular complexity index is 198. The van der Waals surface area contributed by atoms with Crippen LogP contribution < -0.4 is 0 Å². The van der Waals surface area contributed by atoms with Gasteiger partial charge in [-0.25, -0.2) is 0 Å². The van der Waals surface area contributed by atoms with Crippen LogP contribution in [0.4, 0.5) is 0 Å². The minimum Gasteiger partial charge on any atom is -0.303 e. The van der Waals surface area contributed by atoms with Crippen LogP contribution >= 0.6 is 0 Å². The lowest BCUT2D eigenvalue weighted by Crippen LogP contribution is -2.10. The molecule has 0 bridgehead atoms. The highest BCUT2D eigenvalue weighted by molar-refractivity contribution is 5.82.